The van der Waals surface area contributed by atoms with E-state index in [2.05, 4.69) is 148 Å². The summed E-state index contributed by atoms with van der Waals surface area (Å²) in [5, 5.41) is 43.5. The van der Waals surface area contributed by atoms with Crippen molar-refractivity contribution in [1.82, 2.24) is 44.2 Å². The van der Waals surface area contributed by atoms with E-state index in [1.165, 1.54) is 51.6 Å². The van der Waals surface area contributed by atoms with Crippen LogP contribution in [0.2, 0.25) is 0 Å². The molecule has 6 fully saturated rings. The molecule has 0 unspecified atom stereocenters. The Morgan fingerprint density at radius 3 is 1.52 bits per heavy atom. The van der Waals surface area contributed by atoms with E-state index >= 15 is 0 Å². The Morgan fingerprint density at radius 2 is 1.09 bits per heavy atom. The molecule has 6 aliphatic rings. The molecule has 4 saturated heterocycles. The van der Waals surface area contributed by atoms with Crippen molar-refractivity contribution >= 4 is 100 Å². The van der Waals surface area contributed by atoms with Gasteiger partial charge in [-0.15, -0.1) is 0 Å². The van der Waals surface area contributed by atoms with Crippen LogP contribution in [0.4, 0.5) is 44.7 Å². The number of halogens is 3. The van der Waals surface area contributed by atoms with E-state index in [0.29, 0.717) is 57.2 Å². The Labute approximate surface area is 604 Å². The van der Waals surface area contributed by atoms with Gasteiger partial charge in [-0.05, 0) is 121 Å². The van der Waals surface area contributed by atoms with Gasteiger partial charge in [0.2, 0.25) is 17.7 Å². The monoisotopic (exact) mass is 1370 g/mol. The van der Waals surface area contributed by atoms with Crippen LogP contribution in [0.5, 0.6) is 11.5 Å². The minimum atomic E-state index is -0.984. The molecular weight excluding hydrogens is 1310 g/mol. The number of hydrogen-bond donors (Lipinski definition) is 3. The van der Waals surface area contributed by atoms with Gasteiger partial charge >= 0.3 is 108 Å². The summed E-state index contributed by atoms with van der Waals surface area (Å²) < 4.78 is 31.0. The first kappa shape index (κ1) is 66.8. The van der Waals surface area contributed by atoms with Gasteiger partial charge in [0.05, 0.1) is 55.8 Å². The van der Waals surface area contributed by atoms with E-state index in [-0.39, 0.29) is 139 Å². The van der Waals surface area contributed by atoms with Gasteiger partial charge in [-0.3, -0.25) is 25.0 Å². The third kappa shape index (κ3) is 15.1. The van der Waals surface area contributed by atoms with Crippen molar-refractivity contribution in [3.8, 4) is 34.0 Å². The van der Waals surface area contributed by atoms with Crippen molar-refractivity contribution in [3.63, 3.8) is 0 Å². The molecule has 4 aliphatic heterocycles. The number of ether oxygens (including phenoxy) is 2. The third-order valence-corrected chi connectivity index (χ3v) is 17.6. The van der Waals surface area contributed by atoms with Crippen molar-refractivity contribution in [2.75, 3.05) is 96.2 Å². The van der Waals surface area contributed by atoms with Crippen LogP contribution in [-0.4, -0.2) is 136 Å². The van der Waals surface area contributed by atoms with Gasteiger partial charge in [0.15, 0.2) is 0 Å². The number of fused-ring (bicyclic) bond motifs is 4. The first-order chi connectivity index (χ1) is 41.1. The number of nitrogens with zero attached hydrogens (tertiary/aromatic N) is 11. The fraction of sp³-hybridized carbons (Fsp3) is 0.373. The molecule has 23 nitrogen and oxygen atoms in total. The zero-order chi connectivity index (χ0) is 59.6. The summed E-state index contributed by atoms with van der Waals surface area (Å²) in [6, 6.07) is 22.9. The Bertz CT molecular complexity index is 3800. The molecule has 0 radical (unpaired) electrons. The summed E-state index contributed by atoms with van der Waals surface area (Å²) in [6.07, 6.45) is 12.3. The van der Waals surface area contributed by atoms with E-state index < -0.39 is 16.4 Å². The topological polar surface area (TPSA) is 261 Å². The van der Waals surface area contributed by atoms with E-state index in [9.17, 15) is 24.6 Å². The molecule has 14 rings (SSSR count). The van der Waals surface area contributed by atoms with Crippen molar-refractivity contribution in [2.45, 2.75) is 37.8 Å². The average molecular weight is 1370 g/mol. The number of nitro benzene ring substituents is 2. The molecule has 4 atom stereocenters. The second-order valence-corrected chi connectivity index (χ2v) is 23.9. The summed E-state index contributed by atoms with van der Waals surface area (Å²) in [4.78, 5) is 58.7. The van der Waals surface area contributed by atoms with Gasteiger partial charge in [-0.25, -0.2) is 19.9 Å². The quantitative estimate of drug-likeness (QED) is 0.0454. The number of hydrogen-bond acceptors (Lipinski definition) is 19. The van der Waals surface area contributed by atoms with Crippen LogP contribution in [0.15, 0.2) is 107 Å². The van der Waals surface area contributed by atoms with E-state index in [1.807, 2.05) is 18.2 Å². The predicted octanol–water partition coefficient (Wildman–Crippen LogP) is 4.17. The molecule has 2 saturated carbocycles. The molecule has 446 valence electrons. The largest absolute Gasteiger partial charge is 1.00 e. The Balaban J connectivity index is 0.000000186. The van der Waals surface area contributed by atoms with Crippen molar-refractivity contribution in [1.29, 1.82) is 0 Å². The number of benzene rings is 4. The number of para-hydroxylation sites is 2. The first-order valence-corrected chi connectivity index (χ1v) is 29.4. The number of carbonyl (C=O) groups excluding carboxylic acids is 1. The van der Waals surface area contributed by atoms with Crippen molar-refractivity contribution in [3.05, 3.63) is 133 Å². The van der Waals surface area contributed by atoms with Crippen LogP contribution in [0.1, 0.15) is 39.2 Å². The predicted molar refractivity (Wildman–Crippen MR) is 326 cm³/mol. The minimum Gasteiger partial charge on any atom is -1.00 e. The standard InChI is InChI=1S/C29H30BrN7O3.C22H17BrFN5O3.C7H14N2.CH2O3.2K.H/c1-34-12-17-14-35(15-18(17)13-34)25-10-27(40-2)23(9-26(25)37(38)39)32-29-31-11-22(30)28(33-29)21-16-36(19-7-8-19)24-6-4-3-5-20(21)24;1-32-20-8-16(24)19(29(30)31)9-17(20)26-22-25-10-15(23)21(27-22)14-11-28(12-6-7-12)18-5-3-2-4-13(14)18;1-9-4-6-2-8-3-7(6)5-9;2-1-4-3;;;/h3-6,9-11,16-19H,7-8,12-15H2,1-2H3,(H,31,32,33);2-5,8-12H,6-7H2,1H3,(H,25,26,27);6-8H,2-5H2,1H3;1,3H;;;/q;;;;2*+1;-1/p-1/t17-,18+;;6-,7+;;;;. The molecule has 87 heavy (non-hydrogen) atoms. The van der Waals surface area contributed by atoms with Crippen LogP contribution in [0.3, 0.4) is 0 Å². The van der Waals surface area contributed by atoms with E-state index in [4.69, 9.17) is 24.5 Å². The average Bonchev–Trinajstić information content (AvgIpc) is 3.91. The number of methoxy groups -OCH3 is 2. The van der Waals surface area contributed by atoms with Gasteiger partial charge in [-0.1, -0.05) is 36.4 Å². The van der Waals surface area contributed by atoms with Gasteiger partial charge in [0.25, 0.3) is 12.2 Å². The second kappa shape index (κ2) is 29.6. The number of nitro groups is 2. The molecule has 28 heteroatoms. The number of carbonyl (C=O) groups is 1. The van der Waals surface area contributed by atoms with E-state index in [1.54, 1.807) is 31.6 Å². The molecular formula is C59H63Br2FK2N14O9. The SMILES string of the molecule is CN1C[C@H]2CNC[C@H]2C1.COc1cc(F)c([N+](=O)[O-])cc1Nc1ncc(Br)c(-c2cn(C3CC3)c3ccccc23)n1.COc1cc(N2C[C@H]3CN(C)C[C@H]3C2)c([N+](=O)[O-])cc1Nc1ncc(Br)c(-c2cn(C3CC3)c3ccccc23)n1.O=CO[O-].[H-].[K+].[K+]. The number of aromatic nitrogens is 6. The number of likely N-dealkylation sites (tertiary alicyclic amines) is 2. The fourth-order valence-corrected chi connectivity index (χ4v) is 13.1. The van der Waals surface area contributed by atoms with Crippen LogP contribution >= 0.6 is 31.9 Å². The van der Waals surface area contributed by atoms with Crippen molar-refractivity contribution in [2.24, 2.45) is 23.7 Å². The Hall–Kier alpha value is -4.61. The summed E-state index contributed by atoms with van der Waals surface area (Å²) in [5.74, 6) is 3.14. The smallest absolute Gasteiger partial charge is 1.00 e. The van der Waals surface area contributed by atoms with Gasteiger partial charge in [-0.2, -0.15) is 4.39 Å². The maximum atomic E-state index is 14.0. The number of rotatable bonds is 14. The summed E-state index contributed by atoms with van der Waals surface area (Å²) in [5.41, 5.74) is 6.32. The third-order valence-electron chi connectivity index (χ3n) is 16.4. The van der Waals surface area contributed by atoms with Crippen LogP contribution < -0.4 is 138 Å². The van der Waals surface area contributed by atoms with Gasteiger partial charge in [0, 0.05) is 133 Å². The Kier molecular flexibility index (Phi) is 22.7. The molecule has 3 N–H and O–H groups in total. The van der Waals surface area contributed by atoms with Gasteiger partial charge in [0.1, 0.15) is 17.2 Å². The molecule has 0 spiro atoms. The maximum absolute atomic E-state index is 14.0. The molecule has 4 aromatic heterocycles. The molecule has 4 aromatic carbocycles. The zero-order valence-corrected chi connectivity index (χ0v) is 58.4. The summed E-state index contributed by atoms with van der Waals surface area (Å²) in [6.45, 7) is 8.63. The summed E-state index contributed by atoms with van der Waals surface area (Å²) >= 11 is 7.19. The van der Waals surface area contributed by atoms with Crippen LogP contribution in [0, 0.1) is 49.7 Å². The van der Waals surface area contributed by atoms with E-state index in [0.717, 1.165) is 101 Å². The first-order valence-electron chi connectivity index (χ1n) is 27.9. The minimum absolute atomic E-state index is 0. The van der Waals surface area contributed by atoms with Crippen LogP contribution in [-0.2, 0) is 9.68 Å². The fourth-order valence-electron chi connectivity index (χ4n) is 12.3. The second-order valence-electron chi connectivity index (χ2n) is 22.2. The maximum Gasteiger partial charge on any atom is 1.00 e. The summed E-state index contributed by atoms with van der Waals surface area (Å²) in [7, 11) is 7.28. The van der Waals surface area contributed by atoms with Crippen molar-refractivity contribution < 1.29 is 143 Å². The molecule has 2 aliphatic carbocycles. The van der Waals surface area contributed by atoms with Gasteiger partial charge < -0.3 is 60.8 Å². The number of nitrogens with one attached hydrogen (secondary N) is 3. The molecule has 8 aromatic rings. The molecule has 0 bridgehead atoms. The number of anilines is 5. The molecule has 8 heterocycles. The normalized spacial score (nSPS) is 19.2. The molecule has 0 amide bonds. The van der Waals surface area contributed by atoms with Crippen LogP contribution in [0.25, 0.3) is 44.3 Å². The Morgan fingerprint density at radius 1 is 0.667 bits per heavy atom. The zero-order valence-electron chi connectivity index (χ0n) is 50.0.